The summed E-state index contributed by atoms with van der Waals surface area (Å²) in [5.41, 5.74) is 0.143. The Balaban J connectivity index is 1.57. The first-order valence-corrected chi connectivity index (χ1v) is 11.6. The van der Waals surface area contributed by atoms with E-state index in [9.17, 15) is 29.8 Å². The molecule has 12 nitrogen and oxygen atoms in total. The van der Waals surface area contributed by atoms with Crippen molar-refractivity contribution in [1.29, 1.82) is 0 Å². The van der Waals surface area contributed by atoms with Crippen molar-refractivity contribution in [2.24, 2.45) is 0 Å². The average molecular weight is 541 g/mol. The molecule has 0 aromatic heterocycles. The normalized spacial score (nSPS) is 11.5. The first kappa shape index (κ1) is 25.6. The summed E-state index contributed by atoms with van der Waals surface area (Å²) in [5.74, 6) is -1.82. The Hall–Kier alpha value is -5.00. The maximum atomic E-state index is 12.3. The van der Waals surface area contributed by atoms with Crippen LogP contribution in [0.15, 0.2) is 60.7 Å². The second-order valence-electron chi connectivity index (χ2n) is 8.04. The monoisotopic (exact) mass is 540 g/mol. The maximum absolute atomic E-state index is 12.3. The summed E-state index contributed by atoms with van der Waals surface area (Å²) in [6, 6.07) is 15.6. The third kappa shape index (κ3) is 7.74. The molecular formula is C27H26N2O10. The molecule has 0 unspecified atom stereocenters. The van der Waals surface area contributed by atoms with Gasteiger partial charge in [0.05, 0.1) is 44.0 Å². The molecule has 0 aliphatic carbocycles. The number of nitrogens with zero attached hydrogens (tertiary/aromatic N) is 2. The first-order valence-electron chi connectivity index (χ1n) is 12.6. The summed E-state index contributed by atoms with van der Waals surface area (Å²) in [7, 11) is 2.51. The molecule has 204 valence electrons. The zero-order chi connectivity index (χ0) is 30.2. The van der Waals surface area contributed by atoms with Gasteiger partial charge >= 0.3 is 11.9 Å². The predicted octanol–water partition coefficient (Wildman–Crippen LogP) is 5.14. The molecule has 0 bridgehead atoms. The van der Waals surface area contributed by atoms with Crippen LogP contribution in [0.2, 0.25) is 0 Å². The van der Waals surface area contributed by atoms with Gasteiger partial charge in [-0.15, -0.1) is 0 Å². The van der Waals surface area contributed by atoms with Gasteiger partial charge in [0.1, 0.15) is 13.2 Å². The summed E-state index contributed by atoms with van der Waals surface area (Å²) in [6.07, 6.45) is -0.747. The molecule has 0 aliphatic rings. The van der Waals surface area contributed by atoms with Crippen molar-refractivity contribution >= 4 is 23.3 Å². The molecule has 0 aliphatic heterocycles. The van der Waals surface area contributed by atoms with Crippen molar-refractivity contribution in [3.8, 4) is 22.6 Å². The highest BCUT2D eigenvalue weighted by molar-refractivity contribution is 5.73. The lowest BCUT2D eigenvalue weighted by atomic mass is 10.0. The van der Waals surface area contributed by atoms with E-state index in [4.69, 9.17) is 21.7 Å². The third-order valence-electron chi connectivity index (χ3n) is 5.51. The molecular weight excluding hydrogens is 512 g/mol. The Morgan fingerprint density at radius 2 is 1.36 bits per heavy atom. The van der Waals surface area contributed by atoms with Crippen molar-refractivity contribution in [3.63, 3.8) is 0 Å². The predicted molar refractivity (Wildman–Crippen MR) is 138 cm³/mol. The lowest BCUT2D eigenvalue weighted by Crippen LogP contribution is -2.09. The highest BCUT2D eigenvalue weighted by Crippen LogP contribution is 2.35. The summed E-state index contributed by atoms with van der Waals surface area (Å²) in [4.78, 5) is 46.2. The number of rotatable bonds is 13. The van der Waals surface area contributed by atoms with Gasteiger partial charge in [-0.2, -0.15) is 0 Å². The van der Waals surface area contributed by atoms with Gasteiger partial charge in [0.2, 0.25) is 0 Å². The highest BCUT2D eigenvalue weighted by Gasteiger charge is 2.21. The number of hydrogen-bond donors (Lipinski definition) is 0. The summed E-state index contributed by atoms with van der Waals surface area (Å²) < 4.78 is 36.3. The molecule has 0 radical (unpaired) electrons. The van der Waals surface area contributed by atoms with Crippen LogP contribution in [0, 0.1) is 20.2 Å². The van der Waals surface area contributed by atoms with Crippen molar-refractivity contribution in [1.82, 2.24) is 0 Å². The summed E-state index contributed by atoms with van der Waals surface area (Å²) in [6.45, 7) is -3.26. The van der Waals surface area contributed by atoms with Crippen LogP contribution in [0.3, 0.4) is 0 Å². The van der Waals surface area contributed by atoms with E-state index in [1.807, 2.05) is 18.2 Å². The fourth-order valence-electron chi connectivity index (χ4n) is 3.54. The van der Waals surface area contributed by atoms with Crippen LogP contribution in [0.25, 0.3) is 11.1 Å². The number of hydrogen-bond acceptors (Lipinski definition) is 10. The van der Waals surface area contributed by atoms with E-state index in [0.29, 0.717) is 5.56 Å². The number of carbonyl (C=O) groups excluding carboxylic acids is 2. The second kappa shape index (κ2) is 13.5. The fourth-order valence-corrected chi connectivity index (χ4v) is 3.54. The smallest absolute Gasteiger partial charge is 0.306 e. The Kier molecular flexibility index (Phi) is 8.89. The standard InChI is InChI=1S/C27H26N2O10/c1-36-24-14-21(23(29(34)35)15-25(24)37-2)17-39-27(31)10-6-9-26(30)38-16-20-12-11-19(13-22(20)28(32)33)18-7-4-3-5-8-18/h3-5,7-8,11-15H,6,9-10,16-17H2,1-2H3/i17D2. The van der Waals surface area contributed by atoms with Gasteiger partial charge in [0, 0.05) is 18.9 Å². The largest absolute Gasteiger partial charge is 0.493 e. The van der Waals surface area contributed by atoms with Gasteiger partial charge < -0.3 is 18.9 Å². The molecule has 0 heterocycles. The molecule has 3 aromatic carbocycles. The van der Waals surface area contributed by atoms with Crippen LogP contribution >= 0.6 is 0 Å². The minimum absolute atomic E-state index is 0.00860. The van der Waals surface area contributed by atoms with Crippen molar-refractivity contribution in [3.05, 3.63) is 92.0 Å². The lowest BCUT2D eigenvalue weighted by molar-refractivity contribution is -0.386. The van der Waals surface area contributed by atoms with E-state index in [-0.39, 0.29) is 42.2 Å². The van der Waals surface area contributed by atoms with Gasteiger partial charge in [-0.25, -0.2) is 0 Å². The molecule has 0 atom stereocenters. The average Bonchev–Trinajstić information content (AvgIpc) is 2.95. The molecule has 12 heteroatoms. The minimum Gasteiger partial charge on any atom is -0.493 e. The van der Waals surface area contributed by atoms with Crippen LogP contribution in [0.4, 0.5) is 11.4 Å². The number of methoxy groups -OCH3 is 2. The number of ether oxygens (including phenoxy) is 4. The quantitative estimate of drug-likeness (QED) is 0.161. The zero-order valence-electron chi connectivity index (χ0n) is 23.1. The Morgan fingerprint density at radius 1 is 0.769 bits per heavy atom. The van der Waals surface area contributed by atoms with E-state index in [1.54, 1.807) is 18.2 Å². The second-order valence-corrected chi connectivity index (χ2v) is 8.04. The van der Waals surface area contributed by atoms with E-state index in [1.165, 1.54) is 26.4 Å². The van der Waals surface area contributed by atoms with E-state index >= 15 is 0 Å². The molecule has 3 aromatic rings. The summed E-state index contributed by atoms with van der Waals surface area (Å²) >= 11 is 0. The minimum atomic E-state index is -2.90. The van der Waals surface area contributed by atoms with Gasteiger partial charge in [0.15, 0.2) is 11.5 Å². The van der Waals surface area contributed by atoms with Gasteiger partial charge in [0.25, 0.3) is 11.4 Å². The SMILES string of the molecule is [2H]C([2H])(OC(=O)CCCC(=O)OCc1ccc(-c2ccccc2)cc1[N+](=O)[O-])c1cc(OC)c(OC)cc1[N+](=O)[O-]. The zero-order valence-corrected chi connectivity index (χ0v) is 21.1. The van der Waals surface area contributed by atoms with E-state index < -0.39 is 46.0 Å². The van der Waals surface area contributed by atoms with Gasteiger partial charge in [-0.3, -0.25) is 29.8 Å². The molecule has 0 amide bonds. The van der Waals surface area contributed by atoms with Crippen molar-refractivity contribution < 1.29 is 41.1 Å². The van der Waals surface area contributed by atoms with Crippen LogP contribution < -0.4 is 9.47 Å². The number of nitro benzene ring substituents is 2. The molecule has 0 fully saturated rings. The third-order valence-corrected chi connectivity index (χ3v) is 5.51. The number of nitro groups is 2. The van der Waals surface area contributed by atoms with Crippen LogP contribution in [0.1, 0.15) is 33.1 Å². The molecule has 0 spiro atoms. The molecule has 0 saturated heterocycles. The lowest BCUT2D eigenvalue weighted by Gasteiger charge is -2.11. The molecule has 39 heavy (non-hydrogen) atoms. The van der Waals surface area contributed by atoms with Crippen molar-refractivity contribution in [2.75, 3.05) is 14.2 Å². The number of esters is 2. The number of benzene rings is 3. The summed E-state index contributed by atoms with van der Waals surface area (Å²) in [5, 5.41) is 23.1. The number of carbonyl (C=O) groups is 2. The molecule has 3 rings (SSSR count). The van der Waals surface area contributed by atoms with E-state index in [0.717, 1.165) is 17.7 Å². The van der Waals surface area contributed by atoms with Gasteiger partial charge in [-0.1, -0.05) is 36.4 Å². The Labute approximate surface area is 226 Å². The fraction of sp³-hybridized carbons (Fsp3) is 0.259. The first-order chi connectivity index (χ1) is 19.5. The molecule has 0 N–H and O–H groups in total. The van der Waals surface area contributed by atoms with Crippen LogP contribution in [0.5, 0.6) is 11.5 Å². The van der Waals surface area contributed by atoms with Gasteiger partial charge in [-0.05, 0) is 29.7 Å². The van der Waals surface area contributed by atoms with E-state index in [2.05, 4.69) is 0 Å². The highest BCUT2D eigenvalue weighted by atomic mass is 16.6. The van der Waals surface area contributed by atoms with Crippen LogP contribution in [-0.4, -0.2) is 36.0 Å². The molecule has 0 saturated carbocycles. The van der Waals surface area contributed by atoms with Crippen LogP contribution in [-0.2, 0) is 32.2 Å². The maximum Gasteiger partial charge on any atom is 0.306 e. The van der Waals surface area contributed by atoms with Crippen molar-refractivity contribution in [2.45, 2.75) is 32.4 Å². The Morgan fingerprint density at radius 3 is 1.97 bits per heavy atom. The topological polar surface area (TPSA) is 157 Å². The Bertz CT molecular complexity index is 1450.